The minimum Gasteiger partial charge on any atom is -0.396 e. The van der Waals surface area contributed by atoms with Crippen LogP contribution in [0.5, 0.6) is 0 Å². The monoisotopic (exact) mass is 205 g/mol. The number of anilines is 2. The number of nitrogens with two attached hydrogens (primary N) is 1. The summed E-state index contributed by atoms with van der Waals surface area (Å²) in [5.74, 6) is 1.80. The maximum Gasteiger partial charge on any atom is 0.151 e. The van der Waals surface area contributed by atoms with Crippen molar-refractivity contribution < 1.29 is 0 Å². The van der Waals surface area contributed by atoms with Crippen molar-refractivity contribution >= 4 is 11.5 Å². The molecule has 0 atom stereocenters. The van der Waals surface area contributed by atoms with E-state index in [1.807, 2.05) is 18.3 Å². The number of nitrogens with zero attached hydrogens (tertiary/aromatic N) is 2. The minimum atomic E-state index is 0.790. The van der Waals surface area contributed by atoms with E-state index in [1.165, 1.54) is 19.3 Å². The van der Waals surface area contributed by atoms with E-state index in [9.17, 15) is 0 Å². The van der Waals surface area contributed by atoms with E-state index in [1.54, 1.807) is 0 Å². The first-order valence-electron chi connectivity index (χ1n) is 5.76. The molecule has 1 aromatic rings. The fourth-order valence-electron chi connectivity index (χ4n) is 2.03. The molecular formula is C12H19N3. The highest BCUT2D eigenvalue weighted by molar-refractivity contribution is 5.62. The average Bonchev–Trinajstić information content (AvgIpc) is 2.19. The molecule has 2 N–H and O–H groups in total. The molecule has 0 saturated heterocycles. The topological polar surface area (TPSA) is 42.2 Å². The van der Waals surface area contributed by atoms with Gasteiger partial charge in [-0.05, 0) is 37.8 Å². The molecule has 0 bridgehead atoms. The summed E-state index contributed by atoms with van der Waals surface area (Å²) in [5.41, 5.74) is 6.72. The molecular weight excluding hydrogens is 186 g/mol. The predicted octanol–water partition coefficient (Wildman–Crippen LogP) is 2.29. The van der Waals surface area contributed by atoms with Gasteiger partial charge in [0.25, 0.3) is 0 Å². The highest BCUT2D eigenvalue weighted by Gasteiger charge is 2.21. The van der Waals surface area contributed by atoms with Crippen LogP contribution in [0.2, 0.25) is 0 Å². The van der Waals surface area contributed by atoms with E-state index in [0.717, 1.165) is 30.5 Å². The van der Waals surface area contributed by atoms with Crippen LogP contribution in [0.1, 0.15) is 26.2 Å². The van der Waals surface area contributed by atoms with Crippen molar-refractivity contribution in [2.24, 2.45) is 5.92 Å². The number of aromatic nitrogens is 1. The van der Waals surface area contributed by atoms with Gasteiger partial charge in [0, 0.05) is 19.3 Å². The molecule has 1 aromatic heterocycles. The highest BCUT2D eigenvalue weighted by Crippen LogP contribution is 2.29. The number of nitrogen functional groups attached to an aromatic ring is 1. The van der Waals surface area contributed by atoms with Crippen molar-refractivity contribution in [2.45, 2.75) is 26.2 Å². The molecule has 1 aliphatic carbocycles. The Morgan fingerprint density at radius 1 is 1.53 bits per heavy atom. The smallest absolute Gasteiger partial charge is 0.151 e. The van der Waals surface area contributed by atoms with E-state index in [-0.39, 0.29) is 0 Å². The Balaban J connectivity index is 2.07. The van der Waals surface area contributed by atoms with Gasteiger partial charge in [0.1, 0.15) is 0 Å². The van der Waals surface area contributed by atoms with Gasteiger partial charge in [-0.2, -0.15) is 0 Å². The van der Waals surface area contributed by atoms with E-state index in [2.05, 4.69) is 16.8 Å². The Bertz CT molecular complexity index is 320. The number of pyridine rings is 1. The molecule has 2 rings (SSSR count). The maximum absolute atomic E-state index is 5.93. The number of hydrogen-bond donors (Lipinski definition) is 1. The Morgan fingerprint density at radius 2 is 2.33 bits per heavy atom. The molecule has 1 fully saturated rings. The fraction of sp³-hybridized carbons (Fsp3) is 0.583. The molecule has 3 heteroatoms. The first kappa shape index (κ1) is 10.3. The van der Waals surface area contributed by atoms with Gasteiger partial charge in [0.05, 0.1) is 5.69 Å². The molecule has 0 unspecified atom stereocenters. The quantitative estimate of drug-likeness (QED) is 0.820. The lowest BCUT2D eigenvalue weighted by atomic mass is 9.85. The van der Waals surface area contributed by atoms with Crippen molar-refractivity contribution in [3.63, 3.8) is 0 Å². The van der Waals surface area contributed by atoms with Crippen LogP contribution in [-0.2, 0) is 0 Å². The van der Waals surface area contributed by atoms with Crippen LogP contribution in [0.4, 0.5) is 11.5 Å². The second kappa shape index (κ2) is 4.51. The van der Waals surface area contributed by atoms with Crippen LogP contribution in [0.25, 0.3) is 0 Å². The molecule has 1 aliphatic rings. The van der Waals surface area contributed by atoms with Gasteiger partial charge in [-0.3, -0.25) is 0 Å². The lowest BCUT2D eigenvalue weighted by molar-refractivity contribution is 0.318. The molecule has 15 heavy (non-hydrogen) atoms. The second-order valence-corrected chi connectivity index (χ2v) is 4.25. The van der Waals surface area contributed by atoms with E-state index >= 15 is 0 Å². The van der Waals surface area contributed by atoms with Gasteiger partial charge in [0.15, 0.2) is 5.82 Å². The molecule has 0 spiro atoms. The zero-order chi connectivity index (χ0) is 10.7. The van der Waals surface area contributed by atoms with Gasteiger partial charge < -0.3 is 10.6 Å². The summed E-state index contributed by atoms with van der Waals surface area (Å²) < 4.78 is 0. The Kier molecular flexibility index (Phi) is 3.09. The Labute approximate surface area is 91.3 Å². The van der Waals surface area contributed by atoms with Crippen molar-refractivity contribution in [3.8, 4) is 0 Å². The van der Waals surface area contributed by atoms with Crippen molar-refractivity contribution in [3.05, 3.63) is 18.3 Å². The second-order valence-electron chi connectivity index (χ2n) is 4.25. The van der Waals surface area contributed by atoms with E-state index < -0.39 is 0 Å². The van der Waals surface area contributed by atoms with Crippen LogP contribution in [0.3, 0.4) is 0 Å². The van der Waals surface area contributed by atoms with Crippen LogP contribution in [0.15, 0.2) is 18.3 Å². The summed E-state index contributed by atoms with van der Waals surface area (Å²) in [7, 11) is 0. The SMILES string of the molecule is CCN(CC1CCC1)c1ncccc1N. The summed E-state index contributed by atoms with van der Waals surface area (Å²) in [5, 5.41) is 0. The average molecular weight is 205 g/mol. The molecule has 1 saturated carbocycles. The third-order valence-corrected chi connectivity index (χ3v) is 3.20. The molecule has 0 aromatic carbocycles. The van der Waals surface area contributed by atoms with Crippen molar-refractivity contribution in [1.29, 1.82) is 0 Å². The maximum atomic E-state index is 5.93. The minimum absolute atomic E-state index is 0.790. The molecule has 3 nitrogen and oxygen atoms in total. The van der Waals surface area contributed by atoms with Crippen LogP contribution >= 0.6 is 0 Å². The molecule has 1 heterocycles. The van der Waals surface area contributed by atoms with Gasteiger partial charge >= 0.3 is 0 Å². The lowest BCUT2D eigenvalue weighted by Gasteiger charge is -2.32. The fourth-order valence-corrected chi connectivity index (χ4v) is 2.03. The molecule has 0 radical (unpaired) electrons. The summed E-state index contributed by atoms with van der Waals surface area (Å²) in [6.45, 7) is 4.25. The first-order valence-corrected chi connectivity index (χ1v) is 5.76. The van der Waals surface area contributed by atoms with Crippen LogP contribution < -0.4 is 10.6 Å². The van der Waals surface area contributed by atoms with E-state index in [0.29, 0.717) is 0 Å². The summed E-state index contributed by atoms with van der Waals surface area (Å²) >= 11 is 0. The number of hydrogen-bond acceptors (Lipinski definition) is 3. The molecule has 82 valence electrons. The zero-order valence-corrected chi connectivity index (χ0v) is 9.32. The highest BCUT2D eigenvalue weighted by atomic mass is 15.2. The molecule has 0 aliphatic heterocycles. The largest absolute Gasteiger partial charge is 0.396 e. The van der Waals surface area contributed by atoms with Gasteiger partial charge in [-0.25, -0.2) is 4.98 Å². The third kappa shape index (κ3) is 2.22. The number of rotatable bonds is 4. The van der Waals surface area contributed by atoms with Crippen molar-refractivity contribution in [2.75, 3.05) is 23.7 Å². The Morgan fingerprint density at radius 3 is 2.87 bits per heavy atom. The van der Waals surface area contributed by atoms with Crippen molar-refractivity contribution in [1.82, 2.24) is 4.98 Å². The predicted molar refractivity (Wildman–Crippen MR) is 63.9 cm³/mol. The van der Waals surface area contributed by atoms with Crippen LogP contribution in [-0.4, -0.2) is 18.1 Å². The first-order chi connectivity index (χ1) is 7.31. The lowest BCUT2D eigenvalue weighted by Crippen LogP contribution is -2.33. The Hall–Kier alpha value is -1.25. The van der Waals surface area contributed by atoms with Crippen LogP contribution in [0, 0.1) is 5.92 Å². The van der Waals surface area contributed by atoms with Gasteiger partial charge in [0.2, 0.25) is 0 Å². The van der Waals surface area contributed by atoms with Gasteiger partial charge in [-0.15, -0.1) is 0 Å². The zero-order valence-electron chi connectivity index (χ0n) is 9.32. The summed E-state index contributed by atoms with van der Waals surface area (Å²) in [6.07, 6.45) is 5.93. The molecule has 0 amide bonds. The third-order valence-electron chi connectivity index (χ3n) is 3.20. The summed E-state index contributed by atoms with van der Waals surface area (Å²) in [4.78, 5) is 6.65. The normalized spacial score (nSPS) is 16.1. The summed E-state index contributed by atoms with van der Waals surface area (Å²) in [6, 6.07) is 3.81. The van der Waals surface area contributed by atoms with Gasteiger partial charge in [-0.1, -0.05) is 6.42 Å². The van der Waals surface area contributed by atoms with E-state index in [4.69, 9.17) is 5.73 Å². The standard InChI is InChI=1S/C12H19N3/c1-2-15(9-10-5-3-6-10)12-11(13)7-4-8-14-12/h4,7-8,10H,2-3,5-6,9,13H2,1H3.